The zero-order valence-electron chi connectivity index (χ0n) is 13.3. The fraction of sp³-hybridized carbons (Fsp3) is 0.875. The Balaban J connectivity index is 4.19. The highest BCUT2D eigenvalue weighted by molar-refractivity contribution is 5.70. The van der Waals surface area contributed by atoms with Crippen molar-refractivity contribution in [1.29, 1.82) is 0 Å². The molecule has 0 aromatic heterocycles. The van der Waals surface area contributed by atoms with Crippen LogP contribution in [-0.4, -0.2) is 22.2 Å². The van der Waals surface area contributed by atoms with E-state index in [1.165, 1.54) is 0 Å². The van der Waals surface area contributed by atoms with Crippen LogP contribution in [0, 0.1) is 23.7 Å². The molecule has 0 radical (unpaired) electrons. The summed E-state index contributed by atoms with van der Waals surface area (Å²) in [6, 6.07) is 0. The molecule has 0 rings (SSSR count). The quantitative estimate of drug-likeness (QED) is 0.562. The highest BCUT2D eigenvalue weighted by atomic mass is 16.4. The summed E-state index contributed by atoms with van der Waals surface area (Å²) in [6.45, 7) is 8.23. The summed E-state index contributed by atoms with van der Waals surface area (Å²) < 4.78 is 0. The SMILES string of the molecule is CC(C)C(CCCCC(=O)O)CCC(C(=O)O)C(C)C. The standard InChI is InChI=1S/C16H30O4/c1-11(2)13(7-5-6-8-15(17)18)9-10-14(12(3)4)16(19)20/h11-14H,5-10H2,1-4H3,(H,17,18)(H,19,20). The fourth-order valence-electron chi connectivity index (χ4n) is 2.63. The van der Waals surface area contributed by atoms with Gasteiger partial charge in [-0.25, -0.2) is 0 Å². The zero-order chi connectivity index (χ0) is 15.7. The molecule has 20 heavy (non-hydrogen) atoms. The molecule has 0 aromatic rings. The number of hydrogen-bond donors (Lipinski definition) is 2. The lowest BCUT2D eigenvalue weighted by Crippen LogP contribution is -2.21. The molecule has 0 aromatic carbocycles. The van der Waals surface area contributed by atoms with Crippen molar-refractivity contribution in [3.05, 3.63) is 0 Å². The maximum Gasteiger partial charge on any atom is 0.306 e. The highest BCUT2D eigenvalue weighted by Gasteiger charge is 2.23. The van der Waals surface area contributed by atoms with E-state index < -0.39 is 11.9 Å². The topological polar surface area (TPSA) is 74.6 Å². The molecule has 2 N–H and O–H groups in total. The van der Waals surface area contributed by atoms with Gasteiger partial charge in [0.1, 0.15) is 0 Å². The van der Waals surface area contributed by atoms with Gasteiger partial charge in [0.15, 0.2) is 0 Å². The van der Waals surface area contributed by atoms with Gasteiger partial charge in [0.25, 0.3) is 0 Å². The van der Waals surface area contributed by atoms with Gasteiger partial charge in [0.05, 0.1) is 5.92 Å². The number of hydrogen-bond acceptors (Lipinski definition) is 2. The molecule has 2 atom stereocenters. The Morgan fingerprint density at radius 1 is 0.850 bits per heavy atom. The van der Waals surface area contributed by atoms with Crippen LogP contribution in [0.2, 0.25) is 0 Å². The van der Waals surface area contributed by atoms with Crippen molar-refractivity contribution in [2.24, 2.45) is 23.7 Å². The van der Waals surface area contributed by atoms with Gasteiger partial charge < -0.3 is 10.2 Å². The van der Waals surface area contributed by atoms with Gasteiger partial charge in [-0.1, -0.05) is 40.5 Å². The molecule has 0 saturated carbocycles. The fourth-order valence-corrected chi connectivity index (χ4v) is 2.63. The van der Waals surface area contributed by atoms with Gasteiger partial charge in [0, 0.05) is 6.42 Å². The number of carboxylic acid groups (broad SMARTS) is 2. The largest absolute Gasteiger partial charge is 0.481 e. The van der Waals surface area contributed by atoms with Crippen LogP contribution in [0.1, 0.15) is 66.2 Å². The second-order valence-corrected chi connectivity index (χ2v) is 6.41. The molecule has 0 spiro atoms. The molecule has 4 heteroatoms. The van der Waals surface area contributed by atoms with Crippen molar-refractivity contribution in [2.75, 3.05) is 0 Å². The third-order valence-corrected chi connectivity index (χ3v) is 4.13. The van der Waals surface area contributed by atoms with Crippen molar-refractivity contribution >= 4 is 11.9 Å². The van der Waals surface area contributed by atoms with Crippen LogP contribution >= 0.6 is 0 Å². The average Bonchev–Trinajstić information content (AvgIpc) is 2.30. The maximum atomic E-state index is 11.2. The molecule has 0 aliphatic heterocycles. The van der Waals surface area contributed by atoms with Crippen LogP contribution in [-0.2, 0) is 9.59 Å². The van der Waals surface area contributed by atoms with Crippen molar-refractivity contribution in [2.45, 2.75) is 66.2 Å². The molecule has 0 amide bonds. The monoisotopic (exact) mass is 286 g/mol. The number of carboxylic acids is 2. The van der Waals surface area contributed by atoms with Crippen LogP contribution in [0.25, 0.3) is 0 Å². The number of unbranched alkanes of at least 4 members (excludes halogenated alkanes) is 1. The lowest BCUT2D eigenvalue weighted by molar-refractivity contribution is -0.143. The van der Waals surface area contributed by atoms with Crippen molar-refractivity contribution < 1.29 is 19.8 Å². The second kappa shape index (κ2) is 9.78. The lowest BCUT2D eigenvalue weighted by Gasteiger charge is -2.24. The average molecular weight is 286 g/mol. The first kappa shape index (κ1) is 18.9. The first-order valence-electron chi connectivity index (χ1n) is 7.70. The van der Waals surface area contributed by atoms with E-state index in [0.29, 0.717) is 18.3 Å². The molecule has 0 saturated heterocycles. The van der Waals surface area contributed by atoms with E-state index in [-0.39, 0.29) is 18.3 Å². The first-order valence-corrected chi connectivity index (χ1v) is 7.70. The Bertz CT molecular complexity index is 297. The molecule has 0 bridgehead atoms. The minimum absolute atomic E-state index is 0.160. The summed E-state index contributed by atoms with van der Waals surface area (Å²) in [5, 5.41) is 17.8. The summed E-state index contributed by atoms with van der Waals surface area (Å²) in [5.41, 5.74) is 0. The van der Waals surface area contributed by atoms with E-state index in [0.717, 1.165) is 25.7 Å². The lowest BCUT2D eigenvalue weighted by atomic mass is 9.82. The number of aliphatic carboxylic acids is 2. The van der Waals surface area contributed by atoms with Gasteiger partial charge in [-0.15, -0.1) is 0 Å². The van der Waals surface area contributed by atoms with Crippen LogP contribution in [0.15, 0.2) is 0 Å². The molecule has 118 valence electrons. The molecule has 0 fully saturated rings. The predicted octanol–water partition coefficient (Wildman–Crippen LogP) is 4.04. The Morgan fingerprint density at radius 3 is 1.85 bits per heavy atom. The molecule has 2 unspecified atom stereocenters. The van der Waals surface area contributed by atoms with E-state index >= 15 is 0 Å². The number of rotatable bonds is 11. The summed E-state index contributed by atoms with van der Waals surface area (Å²) in [5.74, 6) is -0.543. The van der Waals surface area contributed by atoms with E-state index in [2.05, 4.69) is 13.8 Å². The maximum absolute atomic E-state index is 11.2. The zero-order valence-corrected chi connectivity index (χ0v) is 13.3. The normalized spacial score (nSPS) is 14.5. The van der Waals surface area contributed by atoms with E-state index in [9.17, 15) is 14.7 Å². The van der Waals surface area contributed by atoms with E-state index in [1.807, 2.05) is 13.8 Å². The summed E-state index contributed by atoms with van der Waals surface area (Å²) in [4.78, 5) is 21.7. The van der Waals surface area contributed by atoms with Gasteiger partial charge >= 0.3 is 11.9 Å². The van der Waals surface area contributed by atoms with Crippen LogP contribution in [0.5, 0.6) is 0 Å². The Morgan fingerprint density at radius 2 is 1.45 bits per heavy atom. The smallest absolute Gasteiger partial charge is 0.306 e. The van der Waals surface area contributed by atoms with Gasteiger partial charge in [-0.2, -0.15) is 0 Å². The summed E-state index contributed by atoms with van der Waals surface area (Å²) in [6.07, 6.45) is 4.48. The summed E-state index contributed by atoms with van der Waals surface area (Å²) in [7, 11) is 0. The second-order valence-electron chi connectivity index (χ2n) is 6.41. The van der Waals surface area contributed by atoms with E-state index in [1.54, 1.807) is 0 Å². The predicted molar refractivity (Wildman–Crippen MR) is 79.6 cm³/mol. The van der Waals surface area contributed by atoms with Crippen LogP contribution in [0.4, 0.5) is 0 Å². The first-order chi connectivity index (χ1) is 9.25. The molecular weight excluding hydrogens is 256 g/mol. The van der Waals surface area contributed by atoms with Gasteiger partial charge in [-0.05, 0) is 37.0 Å². The Hall–Kier alpha value is -1.06. The summed E-state index contributed by atoms with van der Waals surface area (Å²) >= 11 is 0. The van der Waals surface area contributed by atoms with Gasteiger partial charge in [0.2, 0.25) is 0 Å². The highest BCUT2D eigenvalue weighted by Crippen LogP contribution is 2.28. The molecule has 0 aliphatic rings. The van der Waals surface area contributed by atoms with Crippen LogP contribution in [0.3, 0.4) is 0 Å². The third-order valence-electron chi connectivity index (χ3n) is 4.13. The van der Waals surface area contributed by atoms with Crippen LogP contribution < -0.4 is 0 Å². The Labute approximate surface area is 122 Å². The molecule has 4 nitrogen and oxygen atoms in total. The van der Waals surface area contributed by atoms with E-state index in [4.69, 9.17) is 5.11 Å². The molecular formula is C16H30O4. The van der Waals surface area contributed by atoms with Crippen molar-refractivity contribution in [3.63, 3.8) is 0 Å². The van der Waals surface area contributed by atoms with Crippen molar-refractivity contribution in [1.82, 2.24) is 0 Å². The molecule has 0 heterocycles. The minimum Gasteiger partial charge on any atom is -0.481 e. The number of carbonyl (C=O) groups is 2. The molecule has 0 aliphatic carbocycles. The van der Waals surface area contributed by atoms with Gasteiger partial charge in [-0.3, -0.25) is 9.59 Å². The van der Waals surface area contributed by atoms with Crippen molar-refractivity contribution in [3.8, 4) is 0 Å². The minimum atomic E-state index is -0.739. The third kappa shape index (κ3) is 8.18. The Kier molecular flexibility index (Phi) is 9.26.